The molecule has 0 aliphatic heterocycles. The number of carbonyl (C=O) groups is 1. The van der Waals surface area contributed by atoms with Gasteiger partial charge in [-0.15, -0.1) is 11.3 Å². The summed E-state index contributed by atoms with van der Waals surface area (Å²) in [5.41, 5.74) is 5.78. The Bertz CT molecular complexity index is 301. The summed E-state index contributed by atoms with van der Waals surface area (Å²) in [6, 6.07) is 3.19. The minimum atomic E-state index is -0.558. The number of aliphatic hydroxyl groups excluding tert-OH is 1. The van der Waals surface area contributed by atoms with Gasteiger partial charge in [-0.05, 0) is 30.7 Å². The molecule has 1 aromatic rings. The number of hydrogen-bond donors (Lipinski definition) is 3. The van der Waals surface area contributed by atoms with Crippen molar-refractivity contribution in [3.05, 3.63) is 22.4 Å². The van der Waals surface area contributed by atoms with Crippen LogP contribution in [-0.4, -0.2) is 24.2 Å². The van der Waals surface area contributed by atoms with E-state index in [-0.39, 0.29) is 12.5 Å². The van der Waals surface area contributed by atoms with Crippen molar-refractivity contribution in [2.75, 3.05) is 13.2 Å². The zero-order chi connectivity index (χ0) is 11.8. The molecule has 0 saturated carbocycles. The lowest BCUT2D eigenvalue weighted by atomic mass is 10.2. The van der Waals surface area contributed by atoms with Crippen molar-refractivity contribution in [3.8, 4) is 0 Å². The summed E-state index contributed by atoms with van der Waals surface area (Å²) in [4.78, 5) is 12.5. The molecule has 90 valence electrons. The molecule has 4 N–H and O–H groups in total. The summed E-state index contributed by atoms with van der Waals surface area (Å²) < 4.78 is 0. The van der Waals surface area contributed by atoms with Crippen LogP contribution in [0.15, 0.2) is 17.5 Å². The number of nitrogens with one attached hydrogen (secondary N) is 1. The fraction of sp³-hybridized carbons (Fsp3) is 0.545. The van der Waals surface area contributed by atoms with Crippen molar-refractivity contribution in [2.45, 2.75) is 25.3 Å². The van der Waals surface area contributed by atoms with Gasteiger partial charge in [-0.2, -0.15) is 0 Å². The van der Waals surface area contributed by atoms with Gasteiger partial charge in [-0.1, -0.05) is 6.07 Å². The molecule has 0 spiro atoms. The van der Waals surface area contributed by atoms with Gasteiger partial charge in [0.2, 0.25) is 5.91 Å². The first-order valence-electron chi connectivity index (χ1n) is 5.43. The van der Waals surface area contributed by atoms with E-state index in [1.807, 2.05) is 17.5 Å². The zero-order valence-electron chi connectivity index (χ0n) is 9.19. The summed E-state index contributed by atoms with van der Waals surface area (Å²) in [6.07, 6.45) is 2.58. The number of thiophene rings is 1. The van der Waals surface area contributed by atoms with E-state index >= 15 is 0 Å². The largest absolute Gasteiger partial charge is 0.396 e. The lowest BCUT2D eigenvalue weighted by molar-refractivity contribution is -0.122. The third kappa shape index (κ3) is 4.30. The molecule has 0 saturated heterocycles. The van der Waals surface area contributed by atoms with Crippen LogP contribution in [-0.2, 0) is 4.79 Å². The molecule has 5 heteroatoms. The van der Waals surface area contributed by atoms with Gasteiger partial charge in [0.1, 0.15) is 6.04 Å². The van der Waals surface area contributed by atoms with Crippen molar-refractivity contribution in [1.29, 1.82) is 0 Å². The van der Waals surface area contributed by atoms with Gasteiger partial charge in [-0.25, -0.2) is 0 Å². The first-order valence-corrected chi connectivity index (χ1v) is 6.31. The lowest BCUT2D eigenvalue weighted by Gasteiger charge is -2.10. The van der Waals surface area contributed by atoms with E-state index < -0.39 is 6.04 Å². The number of rotatable bonds is 7. The molecule has 0 aliphatic rings. The minimum absolute atomic E-state index is 0.133. The van der Waals surface area contributed by atoms with Crippen LogP contribution < -0.4 is 11.1 Å². The van der Waals surface area contributed by atoms with Gasteiger partial charge >= 0.3 is 0 Å². The standard InChI is InChI=1S/C11H18N2O2S/c12-10(9-5-4-8-16-9)11(15)13-6-2-1-3-7-14/h4-5,8,10,14H,1-3,6-7,12H2,(H,13,15). The fourth-order valence-corrected chi connectivity index (χ4v) is 2.06. The Labute approximate surface area is 99.5 Å². The number of nitrogens with two attached hydrogens (primary N) is 1. The van der Waals surface area contributed by atoms with Crippen molar-refractivity contribution < 1.29 is 9.90 Å². The van der Waals surface area contributed by atoms with E-state index in [4.69, 9.17) is 10.8 Å². The van der Waals surface area contributed by atoms with Crippen LogP contribution in [0.1, 0.15) is 30.2 Å². The van der Waals surface area contributed by atoms with Crippen LogP contribution >= 0.6 is 11.3 Å². The predicted molar refractivity (Wildman–Crippen MR) is 65.2 cm³/mol. The van der Waals surface area contributed by atoms with E-state index in [0.717, 1.165) is 24.1 Å². The van der Waals surface area contributed by atoms with Crippen LogP contribution in [0.4, 0.5) is 0 Å². The monoisotopic (exact) mass is 242 g/mol. The summed E-state index contributed by atoms with van der Waals surface area (Å²) in [7, 11) is 0. The first kappa shape index (κ1) is 13.2. The quantitative estimate of drug-likeness (QED) is 0.625. The van der Waals surface area contributed by atoms with Gasteiger partial charge in [0.25, 0.3) is 0 Å². The highest BCUT2D eigenvalue weighted by molar-refractivity contribution is 7.10. The molecule has 0 aliphatic carbocycles. The molecule has 4 nitrogen and oxygen atoms in total. The van der Waals surface area contributed by atoms with Gasteiger partial charge in [0, 0.05) is 18.0 Å². The number of aliphatic hydroxyl groups is 1. The highest BCUT2D eigenvalue weighted by Gasteiger charge is 2.15. The van der Waals surface area contributed by atoms with Crippen LogP contribution in [0.3, 0.4) is 0 Å². The number of hydrogen-bond acceptors (Lipinski definition) is 4. The Kier molecular flexibility index (Phi) is 6.07. The average Bonchev–Trinajstić information content (AvgIpc) is 2.81. The third-order valence-electron chi connectivity index (χ3n) is 2.27. The van der Waals surface area contributed by atoms with E-state index in [0.29, 0.717) is 6.54 Å². The van der Waals surface area contributed by atoms with Crippen molar-refractivity contribution in [1.82, 2.24) is 5.32 Å². The number of carbonyl (C=O) groups excluding carboxylic acids is 1. The summed E-state index contributed by atoms with van der Waals surface area (Å²) in [5, 5.41) is 13.3. The number of amides is 1. The van der Waals surface area contributed by atoms with Crippen LogP contribution in [0, 0.1) is 0 Å². The molecular weight excluding hydrogens is 224 g/mol. The first-order chi connectivity index (χ1) is 7.75. The van der Waals surface area contributed by atoms with Gasteiger partial charge in [0.15, 0.2) is 0 Å². The zero-order valence-corrected chi connectivity index (χ0v) is 10.0. The molecule has 0 fully saturated rings. The minimum Gasteiger partial charge on any atom is -0.396 e. The van der Waals surface area contributed by atoms with E-state index in [2.05, 4.69) is 5.32 Å². The SMILES string of the molecule is NC(C(=O)NCCCCCO)c1cccs1. The van der Waals surface area contributed by atoms with Crippen molar-refractivity contribution in [3.63, 3.8) is 0 Å². The molecular formula is C11H18N2O2S. The van der Waals surface area contributed by atoms with Crippen LogP contribution in [0.2, 0.25) is 0 Å². The topological polar surface area (TPSA) is 75.4 Å². The number of unbranched alkanes of at least 4 members (excludes halogenated alkanes) is 2. The maximum absolute atomic E-state index is 11.6. The van der Waals surface area contributed by atoms with E-state index in [9.17, 15) is 4.79 Å². The Morgan fingerprint density at radius 3 is 2.94 bits per heavy atom. The second-order valence-corrected chi connectivity index (χ2v) is 4.55. The van der Waals surface area contributed by atoms with Gasteiger partial charge < -0.3 is 16.2 Å². The molecule has 1 atom stereocenters. The van der Waals surface area contributed by atoms with E-state index in [1.165, 1.54) is 11.3 Å². The predicted octanol–water partition coefficient (Wildman–Crippen LogP) is 1.03. The summed E-state index contributed by atoms with van der Waals surface area (Å²) >= 11 is 1.49. The second kappa shape index (κ2) is 7.38. The van der Waals surface area contributed by atoms with Crippen LogP contribution in [0.25, 0.3) is 0 Å². The maximum Gasteiger partial charge on any atom is 0.242 e. The maximum atomic E-state index is 11.6. The Morgan fingerprint density at radius 1 is 1.50 bits per heavy atom. The van der Waals surface area contributed by atoms with Gasteiger partial charge in [-0.3, -0.25) is 4.79 Å². The van der Waals surface area contributed by atoms with Crippen LogP contribution in [0.5, 0.6) is 0 Å². The highest BCUT2D eigenvalue weighted by atomic mass is 32.1. The summed E-state index contributed by atoms with van der Waals surface area (Å²) in [5.74, 6) is -0.133. The van der Waals surface area contributed by atoms with Crippen molar-refractivity contribution in [2.24, 2.45) is 5.73 Å². The molecule has 1 rings (SSSR count). The molecule has 1 amide bonds. The Hall–Kier alpha value is -0.910. The normalized spacial score (nSPS) is 12.4. The molecule has 1 aromatic heterocycles. The molecule has 0 radical (unpaired) electrons. The smallest absolute Gasteiger partial charge is 0.242 e. The fourth-order valence-electron chi connectivity index (χ4n) is 1.33. The molecule has 0 bridgehead atoms. The Balaban J connectivity index is 2.20. The lowest BCUT2D eigenvalue weighted by Crippen LogP contribution is -2.34. The summed E-state index contributed by atoms with van der Waals surface area (Å²) in [6.45, 7) is 0.834. The Morgan fingerprint density at radius 2 is 2.31 bits per heavy atom. The average molecular weight is 242 g/mol. The van der Waals surface area contributed by atoms with Gasteiger partial charge in [0.05, 0.1) is 0 Å². The molecule has 16 heavy (non-hydrogen) atoms. The highest BCUT2D eigenvalue weighted by Crippen LogP contribution is 2.16. The van der Waals surface area contributed by atoms with Crippen molar-refractivity contribution >= 4 is 17.2 Å². The second-order valence-electron chi connectivity index (χ2n) is 3.57. The molecule has 1 heterocycles. The third-order valence-corrected chi connectivity index (χ3v) is 3.22. The molecule has 1 unspecified atom stereocenters. The van der Waals surface area contributed by atoms with E-state index in [1.54, 1.807) is 0 Å². The molecule has 0 aromatic carbocycles.